The number of hydrogen-bond acceptors (Lipinski definition) is 7. The van der Waals surface area contributed by atoms with E-state index in [1.165, 1.54) is 22.5 Å². The van der Waals surface area contributed by atoms with E-state index in [1.54, 1.807) is 31.2 Å². The molecule has 0 saturated carbocycles. The Morgan fingerprint density at radius 1 is 1.03 bits per heavy atom. The maximum Gasteiger partial charge on any atom is 0.257 e. The first-order valence-electron chi connectivity index (χ1n) is 9.81. The van der Waals surface area contributed by atoms with Gasteiger partial charge in [0, 0.05) is 23.8 Å². The highest BCUT2D eigenvalue weighted by Crippen LogP contribution is 2.26. The van der Waals surface area contributed by atoms with Crippen molar-refractivity contribution in [1.82, 2.24) is 15.1 Å². The Kier molecular flexibility index (Phi) is 6.08. The van der Waals surface area contributed by atoms with Gasteiger partial charge in [-0.3, -0.25) is 10.1 Å². The third-order valence-electron chi connectivity index (χ3n) is 4.65. The standard InChI is InChI=1S/C23H22N4O3S/c1-14-4-6-17(7-5-14)12-20-15(2)24-23(31-20)26-22(28)18-8-10-19(11-9-18)29-13-21-25-16(3)30-27-21/h4-11H,12-13H2,1-3H3,(H,24,26,28). The molecule has 1 N–H and O–H groups in total. The molecule has 0 saturated heterocycles. The van der Waals surface area contributed by atoms with Crippen LogP contribution in [0.5, 0.6) is 5.75 Å². The predicted molar refractivity (Wildman–Crippen MR) is 119 cm³/mol. The number of thiazole rings is 1. The largest absolute Gasteiger partial charge is 0.485 e. The molecule has 0 spiro atoms. The van der Waals surface area contributed by atoms with Crippen LogP contribution in [0.25, 0.3) is 0 Å². The molecule has 31 heavy (non-hydrogen) atoms. The zero-order valence-corrected chi connectivity index (χ0v) is 18.3. The van der Waals surface area contributed by atoms with Gasteiger partial charge in [-0.1, -0.05) is 35.0 Å². The second-order valence-corrected chi connectivity index (χ2v) is 8.27. The molecular weight excluding hydrogens is 412 g/mol. The molecule has 0 unspecified atom stereocenters. The molecule has 7 nitrogen and oxygen atoms in total. The SMILES string of the molecule is Cc1ccc(Cc2sc(NC(=O)c3ccc(OCc4noc(C)n4)cc3)nc2C)cc1. The van der Waals surface area contributed by atoms with Crippen molar-refractivity contribution in [2.75, 3.05) is 5.32 Å². The van der Waals surface area contributed by atoms with E-state index in [0.29, 0.717) is 28.2 Å². The Hall–Kier alpha value is -3.52. The summed E-state index contributed by atoms with van der Waals surface area (Å²) >= 11 is 1.50. The Bertz CT molecular complexity index is 1180. The highest BCUT2D eigenvalue weighted by atomic mass is 32.1. The molecule has 0 aliphatic heterocycles. The van der Waals surface area contributed by atoms with Gasteiger partial charge in [0.15, 0.2) is 11.7 Å². The molecule has 4 rings (SSSR count). The van der Waals surface area contributed by atoms with Crippen molar-refractivity contribution in [3.63, 3.8) is 0 Å². The Morgan fingerprint density at radius 3 is 2.45 bits per heavy atom. The average molecular weight is 435 g/mol. The average Bonchev–Trinajstić information content (AvgIpc) is 3.33. The topological polar surface area (TPSA) is 90.1 Å². The van der Waals surface area contributed by atoms with Gasteiger partial charge in [0.25, 0.3) is 5.91 Å². The minimum atomic E-state index is -0.212. The lowest BCUT2D eigenvalue weighted by Gasteiger charge is -2.05. The number of carbonyl (C=O) groups excluding carboxylic acids is 1. The minimum Gasteiger partial charge on any atom is -0.485 e. The van der Waals surface area contributed by atoms with Gasteiger partial charge in [0.05, 0.1) is 5.69 Å². The molecule has 1 amide bonds. The molecule has 8 heteroatoms. The van der Waals surface area contributed by atoms with Crippen LogP contribution in [0, 0.1) is 20.8 Å². The zero-order valence-electron chi connectivity index (χ0n) is 17.5. The highest BCUT2D eigenvalue weighted by molar-refractivity contribution is 7.15. The number of benzene rings is 2. The van der Waals surface area contributed by atoms with Gasteiger partial charge in [0.1, 0.15) is 5.75 Å². The van der Waals surface area contributed by atoms with Crippen LogP contribution >= 0.6 is 11.3 Å². The quantitative estimate of drug-likeness (QED) is 0.446. The fourth-order valence-electron chi connectivity index (χ4n) is 2.96. The zero-order chi connectivity index (χ0) is 21.8. The van der Waals surface area contributed by atoms with E-state index < -0.39 is 0 Å². The number of aromatic nitrogens is 3. The van der Waals surface area contributed by atoms with E-state index >= 15 is 0 Å². The number of nitrogens with zero attached hydrogens (tertiary/aromatic N) is 3. The third kappa shape index (κ3) is 5.35. The molecule has 2 aromatic carbocycles. The van der Waals surface area contributed by atoms with Crippen molar-refractivity contribution in [3.05, 3.63) is 87.5 Å². The normalized spacial score (nSPS) is 10.8. The second-order valence-electron chi connectivity index (χ2n) is 7.19. The summed E-state index contributed by atoms with van der Waals surface area (Å²) in [5.74, 6) is 1.37. The number of ether oxygens (including phenoxy) is 1. The number of hydrogen-bond donors (Lipinski definition) is 1. The van der Waals surface area contributed by atoms with Crippen molar-refractivity contribution in [2.24, 2.45) is 0 Å². The second kappa shape index (κ2) is 9.09. The summed E-state index contributed by atoms with van der Waals surface area (Å²) in [6.45, 7) is 5.96. The summed E-state index contributed by atoms with van der Waals surface area (Å²) in [6.07, 6.45) is 0.797. The van der Waals surface area contributed by atoms with Crippen LogP contribution in [0.1, 0.15) is 43.8 Å². The van der Waals surface area contributed by atoms with Gasteiger partial charge in [-0.2, -0.15) is 4.98 Å². The maximum atomic E-state index is 12.6. The number of aryl methyl sites for hydroxylation is 3. The van der Waals surface area contributed by atoms with Crippen LogP contribution in [0.15, 0.2) is 53.1 Å². The molecule has 0 bridgehead atoms. The first-order valence-corrected chi connectivity index (χ1v) is 10.6. The van der Waals surface area contributed by atoms with E-state index in [9.17, 15) is 4.79 Å². The molecule has 2 heterocycles. The Labute approximate surface area is 184 Å². The van der Waals surface area contributed by atoms with Crippen LogP contribution < -0.4 is 10.1 Å². The molecule has 0 aliphatic carbocycles. The highest BCUT2D eigenvalue weighted by Gasteiger charge is 2.13. The van der Waals surface area contributed by atoms with E-state index in [1.807, 2.05) is 6.92 Å². The fraction of sp³-hybridized carbons (Fsp3) is 0.217. The lowest BCUT2D eigenvalue weighted by molar-refractivity contribution is 0.102. The number of anilines is 1. The van der Waals surface area contributed by atoms with E-state index in [0.717, 1.165) is 17.0 Å². The monoisotopic (exact) mass is 434 g/mol. The van der Waals surface area contributed by atoms with Gasteiger partial charge >= 0.3 is 0 Å². The molecule has 0 aliphatic rings. The predicted octanol–water partition coefficient (Wildman–Crippen LogP) is 4.87. The van der Waals surface area contributed by atoms with Crippen molar-refractivity contribution < 1.29 is 14.1 Å². The molecule has 2 aromatic heterocycles. The number of rotatable bonds is 7. The molecule has 4 aromatic rings. The number of nitrogens with one attached hydrogen (secondary N) is 1. The minimum absolute atomic E-state index is 0.199. The van der Waals surface area contributed by atoms with Crippen LogP contribution in [0.4, 0.5) is 5.13 Å². The molecule has 158 valence electrons. The summed E-state index contributed by atoms with van der Waals surface area (Å²) in [4.78, 5) is 22.3. The Morgan fingerprint density at radius 2 is 1.77 bits per heavy atom. The van der Waals surface area contributed by atoms with Gasteiger partial charge in [-0.15, -0.1) is 11.3 Å². The van der Waals surface area contributed by atoms with E-state index in [4.69, 9.17) is 9.26 Å². The number of carbonyl (C=O) groups is 1. The lowest BCUT2D eigenvalue weighted by atomic mass is 10.1. The summed E-state index contributed by atoms with van der Waals surface area (Å²) in [6, 6.07) is 15.3. The summed E-state index contributed by atoms with van der Waals surface area (Å²) in [7, 11) is 0. The molecule has 0 atom stereocenters. The first-order chi connectivity index (χ1) is 15.0. The van der Waals surface area contributed by atoms with Crippen molar-refractivity contribution in [1.29, 1.82) is 0 Å². The number of amides is 1. The van der Waals surface area contributed by atoms with Crippen LogP contribution in [0.3, 0.4) is 0 Å². The summed E-state index contributed by atoms with van der Waals surface area (Å²) in [5, 5.41) is 7.27. The van der Waals surface area contributed by atoms with Gasteiger partial charge in [-0.05, 0) is 43.7 Å². The van der Waals surface area contributed by atoms with Crippen molar-refractivity contribution in [2.45, 2.75) is 33.8 Å². The van der Waals surface area contributed by atoms with E-state index in [-0.39, 0.29) is 12.5 Å². The molecule has 0 fully saturated rings. The van der Waals surface area contributed by atoms with Gasteiger partial charge in [0.2, 0.25) is 11.7 Å². The van der Waals surface area contributed by atoms with E-state index in [2.05, 4.69) is 51.6 Å². The van der Waals surface area contributed by atoms with Crippen molar-refractivity contribution >= 4 is 22.4 Å². The van der Waals surface area contributed by atoms with Crippen LogP contribution in [-0.4, -0.2) is 21.0 Å². The van der Waals surface area contributed by atoms with Gasteiger partial charge < -0.3 is 9.26 Å². The summed E-state index contributed by atoms with van der Waals surface area (Å²) < 4.78 is 10.5. The maximum absolute atomic E-state index is 12.6. The third-order valence-corrected chi connectivity index (χ3v) is 5.73. The van der Waals surface area contributed by atoms with Crippen molar-refractivity contribution in [3.8, 4) is 5.75 Å². The van der Waals surface area contributed by atoms with Crippen LogP contribution in [-0.2, 0) is 13.0 Å². The molecular formula is C23H22N4O3S. The van der Waals surface area contributed by atoms with Crippen LogP contribution in [0.2, 0.25) is 0 Å². The van der Waals surface area contributed by atoms with Gasteiger partial charge in [-0.25, -0.2) is 4.98 Å². The molecule has 0 radical (unpaired) electrons. The first kappa shape index (κ1) is 20.7. The Balaban J connectivity index is 1.36. The summed E-state index contributed by atoms with van der Waals surface area (Å²) in [5.41, 5.74) is 3.91. The lowest BCUT2D eigenvalue weighted by Crippen LogP contribution is -2.11. The smallest absolute Gasteiger partial charge is 0.257 e. The fourth-order valence-corrected chi connectivity index (χ4v) is 3.95.